The molecule has 0 radical (unpaired) electrons. The van der Waals surface area contributed by atoms with Crippen LogP contribution in [0.2, 0.25) is 10.0 Å². The quantitative estimate of drug-likeness (QED) is 0.890. The van der Waals surface area contributed by atoms with Gasteiger partial charge in [0.1, 0.15) is 0 Å². The van der Waals surface area contributed by atoms with E-state index in [1.807, 2.05) is 19.1 Å². The lowest BCUT2D eigenvalue weighted by atomic mass is 9.92. The molecule has 2 atom stereocenters. The molecule has 0 aliphatic rings. The van der Waals surface area contributed by atoms with Crippen LogP contribution >= 0.6 is 34.5 Å². The summed E-state index contributed by atoms with van der Waals surface area (Å²) in [4.78, 5) is 2.03. The third-order valence-corrected chi connectivity index (χ3v) is 4.79. The zero-order valence-electron chi connectivity index (χ0n) is 10.4. The predicted molar refractivity (Wildman–Crippen MR) is 82.3 cm³/mol. The Kier molecular flexibility index (Phi) is 4.87. The fourth-order valence-electron chi connectivity index (χ4n) is 2.08. The average Bonchev–Trinajstić information content (AvgIpc) is 2.80. The molecule has 1 aromatic heterocycles. The molecule has 0 aliphatic carbocycles. The summed E-state index contributed by atoms with van der Waals surface area (Å²) < 4.78 is 0. The molecule has 0 saturated heterocycles. The van der Waals surface area contributed by atoms with Gasteiger partial charge in [-0.3, -0.25) is 0 Å². The first-order valence-corrected chi connectivity index (χ1v) is 7.50. The summed E-state index contributed by atoms with van der Waals surface area (Å²) in [5.41, 5.74) is 6.53. The highest BCUT2D eigenvalue weighted by Crippen LogP contribution is 2.39. The van der Waals surface area contributed by atoms with Crippen molar-refractivity contribution < 1.29 is 5.11 Å². The maximum Gasteiger partial charge on any atom is 0.0963 e. The Balaban J connectivity index is 2.39. The fraction of sp³-hybridized carbons (Fsp3) is 0.286. The summed E-state index contributed by atoms with van der Waals surface area (Å²) in [6.45, 7) is 2.28. The highest BCUT2D eigenvalue weighted by molar-refractivity contribution is 7.12. The number of aliphatic hydroxyl groups excluding tert-OH is 1. The van der Waals surface area contributed by atoms with Crippen molar-refractivity contribution in [1.29, 1.82) is 0 Å². The first kappa shape index (κ1) is 14.8. The van der Waals surface area contributed by atoms with E-state index in [9.17, 15) is 5.11 Å². The van der Waals surface area contributed by atoms with Gasteiger partial charge in [0.2, 0.25) is 0 Å². The van der Waals surface area contributed by atoms with Gasteiger partial charge in [0.25, 0.3) is 0 Å². The van der Waals surface area contributed by atoms with E-state index < -0.39 is 6.10 Å². The van der Waals surface area contributed by atoms with Crippen LogP contribution in [-0.2, 0) is 0 Å². The molecule has 19 heavy (non-hydrogen) atoms. The van der Waals surface area contributed by atoms with Gasteiger partial charge >= 0.3 is 0 Å². The monoisotopic (exact) mass is 315 g/mol. The molecule has 1 heterocycles. The van der Waals surface area contributed by atoms with Crippen LogP contribution < -0.4 is 5.73 Å². The van der Waals surface area contributed by atoms with Gasteiger partial charge in [0.05, 0.1) is 6.10 Å². The first-order valence-electron chi connectivity index (χ1n) is 5.93. The van der Waals surface area contributed by atoms with Crippen molar-refractivity contribution in [2.24, 2.45) is 5.73 Å². The summed E-state index contributed by atoms with van der Waals surface area (Å²) in [6, 6.07) is 9.20. The van der Waals surface area contributed by atoms with Gasteiger partial charge in [-0.25, -0.2) is 0 Å². The van der Waals surface area contributed by atoms with Gasteiger partial charge in [-0.15, -0.1) is 11.3 Å². The lowest BCUT2D eigenvalue weighted by molar-refractivity contribution is 0.151. The SMILES string of the molecule is Cc1ccc(C(O)C(CN)c2c(Cl)cccc2Cl)s1. The maximum absolute atomic E-state index is 10.5. The van der Waals surface area contributed by atoms with Crippen LogP contribution in [0.25, 0.3) is 0 Å². The van der Waals surface area contributed by atoms with Gasteiger partial charge in [-0.2, -0.15) is 0 Å². The van der Waals surface area contributed by atoms with Crippen molar-refractivity contribution >= 4 is 34.5 Å². The molecule has 0 bridgehead atoms. The Morgan fingerprint density at radius 3 is 2.32 bits per heavy atom. The summed E-state index contributed by atoms with van der Waals surface area (Å²) in [7, 11) is 0. The smallest absolute Gasteiger partial charge is 0.0963 e. The Labute approximate surface area is 126 Å². The molecule has 0 amide bonds. The number of thiophene rings is 1. The van der Waals surface area contributed by atoms with Crippen LogP contribution in [0.1, 0.15) is 27.3 Å². The van der Waals surface area contributed by atoms with Gasteiger partial charge in [-0.1, -0.05) is 29.3 Å². The summed E-state index contributed by atoms with van der Waals surface area (Å²) in [5.74, 6) is -0.306. The van der Waals surface area contributed by atoms with Gasteiger partial charge in [0, 0.05) is 32.3 Å². The molecular formula is C14H15Cl2NOS. The number of hydrogen-bond donors (Lipinski definition) is 2. The van der Waals surface area contributed by atoms with Crippen LogP contribution in [-0.4, -0.2) is 11.7 Å². The topological polar surface area (TPSA) is 46.2 Å². The molecule has 0 aliphatic heterocycles. The van der Waals surface area contributed by atoms with Crippen molar-refractivity contribution in [2.45, 2.75) is 18.9 Å². The van der Waals surface area contributed by atoms with E-state index >= 15 is 0 Å². The minimum Gasteiger partial charge on any atom is -0.387 e. The van der Waals surface area contributed by atoms with Gasteiger partial charge in [0.15, 0.2) is 0 Å². The largest absolute Gasteiger partial charge is 0.387 e. The van der Waals surface area contributed by atoms with E-state index in [-0.39, 0.29) is 12.5 Å². The normalized spacial score (nSPS) is 14.4. The number of aryl methyl sites for hydroxylation is 1. The lowest BCUT2D eigenvalue weighted by Gasteiger charge is -2.23. The summed E-state index contributed by atoms with van der Waals surface area (Å²) >= 11 is 13.9. The zero-order valence-corrected chi connectivity index (χ0v) is 12.8. The van der Waals surface area contributed by atoms with Gasteiger partial charge in [-0.05, 0) is 36.8 Å². The number of nitrogens with two attached hydrogens (primary N) is 1. The highest BCUT2D eigenvalue weighted by atomic mass is 35.5. The van der Waals surface area contributed by atoms with Crippen molar-refractivity contribution in [3.8, 4) is 0 Å². The Bertz CT molecular complexity index is 550. The molecular weight excluding hydrogens is 301 g/mol. The molecule has 3 N–H and O–H groups in total. The Morgan fingerprint density at radius 1 is 1.21 bits per heavy atom. The van der Waals surface area contributed by atoms with Crippen LogP contribution in [0.4, 0.5) is 0 Å². The van der Waals surface area contributed by atoms with E-state index in [1.54, 1.807) is 29.5 Å². The molecule has 2 nitrogen and oxygen atoms in total. The highest BCUT2D eigenvalue weighted by Gasteiger charge is 2.26. The van der Waals surface area contributed by atoms with E-state index in [2.05, 4.69) is 0 Å². The molecule has 0 spiro atoms. The van der Waals surface area contributed by atoms with Crippen LogP contribution in [0.15, 0.2) is 30.3 Å². The van der Waals surface area contributed by atoms with E-state index in [0.717, 1.165) is 9.75 Å². The summed E-state index contributed by atoms with van der Waals surface area (Å²) in [5, 5.41) is 11.6. The van der Waals surface area contributed by atoms with E-state index in [1.165, 1.54) is 0 Å². The maximum atomic E-state index is 10.5. The molecule has 5 heteroatoms. The average molecular weight is 316 g/mol. The molecule has 0 fully saturated rings. The summed E-state index contributed by atoms with van der Waals surface area (Å²) in [6.07, 6.45) is -0.693. The third-order valence-electron chi connectivity index (χ3n) is 3.06. The molecule has 102 valence electrons. The second kappa shape index (κ2) is 6.25. The lowest BCUT2D eigenvalue weighted by Crippen LogP contribution is -2.20. The predicted octanol–water partition coefficient (Wildman–Crippen LogP) is 4.14. The molecule has 2 unspecified atom stereocenters. The second-order valence-corrected chi connectivity index (χ2v) is 6.50. The van der Waals surface area contributed by atoms with Crippen molar-refractivity contribution in [3.63, 3.8) is 0 Å². The Hall–Kier alpha value is -0.580. The minimum absolute atomic E-state index is 0.279. The number of hydrogen-bond acceptors (Lipinski definition) is 3. The van der Waals surface area contributed by atoms with Crippen molar-refractivity contribution in [2.75, 3.05) is 6.54 Å². The van der Waals surface area contributed by atoms with Crippen molar-refractivity contribution in [1.82, 2.24) is 0 Å². The molecule has 0 saturated carbocycles. The number of benzene rings is 1. The van der Waals surface area contributed by atoms with Gasteiger partial charge < -0.3 is 10.8 Å². The number of halogens is 2. The van der Waals surface area contributed by atoms with E-state index in [0.29, 0.717) is 15.6 Å². The van der Waals surface area contributed by atoms with E-state index in [4.69, 9.17) is 28.9 Å². The molecule has 2 aromatic rings. The standard InChI is InChI=1S/C14H15Cl2NOS/c1-8-5-6-12(19-8)14(18)9(7-17)13-10(15)3-2-4-11(13)16/h2-6,9,14,18H,7,17H2,1H3. The fourth-order valence-corrected chi connectivity index (χ4v) is 3.69. The molecule has 2 rings (SSSR count). The Morgan fingerprint density at radius 2 is 1.84 bits per heavy atom. The minimum atomic E-state index is -0.693. The van der Waals surface area contributed by atoms with Crippen LogP contribution in [0, 0.1) is 6.92 Å². The third kappa shape index (κ3) is 3.12. The van der Waals surface area contributed by atoms with Crippen LogP contribution in [0.5, 0.6) is 0 Å². The second-order valence-electron chi connectivity index (χ2n) is 4.37. The number of rotatable bonds is 4. The van der Waals surface area contributed by atoms with Crippen LogP contribution in [0.3, 0.4) is 0 Å². The van der Waals surface area contributed by atoms with Crippen molar-refractivity contribution in [3.05, 3.63) is 55.7 Å². The number of aliphatic hydroxyl groups is 1. The first-order chi connectivity index (χ1) is 9.04. The zero-order chi connectivity index (χ0) is 14.0. The molecule has 1 aromatic carbocycles.